The summed E-state index contributed by atoms with van der Waals surface area (Å²) in [6, 6.07) is 4.92. The van der Waals surface area contributed by atoms with E-state index in [-0.39, 0.29) is 12.4 Å². The molecule has 0 aromatic heterocycles. The van der Waals surface area contributed by atoms with Crippen molar-refractivity contribution in [2.24, 2.45) is 0 Å². The number of amides is 4. The van der Waals surface area contributed by atoms with Gasteiger partial charge in [-0.3, -0.25) is 15.0 Å². The molecule has 3 N–H and O–H groups in total. The van der Waals surface area contributed by atoms with Gasteiger partial charge in [-0.25, -0.2) is 9.18 Å². The first-order chi connectivity index (χ1) is 11.5. The molecule has 128 valence electrons. The van der Waals surface area contributed by atoms with Gasteiger partial charge >= 0.3 is 6.03 Å². The van der Waals surface area contributed by atoms with E-state index in [4.69, 9.17) is 0 Å². The Labute approximate surface area is 138 Å². The van der Waals surface area contributed by atoms with Gasteiger partial charge in [-0.1, -0.05) is 19.3 Å². The second-order valence-electron chi connectivity index (χ2n) is 6.11. The van der Waals surface area contributed by atoms with Crippen LogP contribution in [0.4, 0.5) is 14.9 Å². The van der Waals surface area contributed by atoms with Gasteiger partial charge in [-0.05, 0) is 37.1 Å². The van der Waals surface area contributed by atoms with Crippen LogP contribution < -0.4 is 16.1 Å². The van der Waals surface area contributed by atoms with Crippen molar-refractivity contribution in [3.63, 3.8) is 0 Å². The van der Waals surface area contributed by atoms with Crippen molar-refractivity contribution in [3.8, 4) is 0 Å². The number of imide groups is 1. The minimum atomic E-state index is -0.868. The third kappa shape index (κ3) is 3.17. The second-order valence-corrected chi connectivity index (χ2v) is 6.11. The third-order valence-electron chi connectivity index (χ3n) is 4.40. The van der Waals surface area contributed by atoms with Crippen LogP contribution in [0, 0.1) is 5.82 Å². The van der Waals surface area contributed by atoms with Crippen LogP contribution in [-0.4, -0.2) is 34.9 Å². The molecule has 1 aliphatic heterocycles. The number of benzene rings is 1. The first-order valence-electron chi connectivity index (χ1n) is 7.96. The summed E-state index contributed by atoms with van der Waals surface area (Å²) in [5.41, 5.74) is 2.02. The van der Waals surface area contributed by atoms with E-state index in [2.05, 4.69) is 16.1 Å². The Balaban J connectivity index is 1.56. The van der Waals surface area contributed by atoms with Crippen LogP contribution >= 0.6 is 0 Å². The molecule has 24 heavy (non-hydrogen) atoms. The highest BCUT2D eigenvalue weighted by molar-refractivity contribution is 6.08. The quantitative estimate of drug-likeness (QED) is 0.728. The van der Waals surface area contributed by atoms with Crippen molar-refractivity contribution in [3.05, 3.63) is 30.1 Å². The molecule has 1 spiro atoms. The number of hydrogen-bond donors (Lipinski definition) is 3. The number of carbonyl (C=O) groups is 3. The lowest BCUT2D eigenvalue weighted by Gasteiger charge is -2.30. The maximum absolute atomic E-state index is 12.8. The number of urea groups is 1. The molecule has 3 rings (SSSR count). The summed E-state index contributed by atoms with van der Waals surface area (Å²) in [6.07, 6.45) is 3.98. The minimum Gasteiger partial charge on any atom is -0.376 e. The molecule has 2 aliphatic rings. The van der Waals surface area contributed by atoms with Gasteiger partial charge in [0.25, 0.3) is 11.8 Å². The number of halogens is 1. The molecule has 8 heteroatoms. The lowest BCUT2D eigenvalue weighted by atomic mass is 9.82. The van der Waals surface area contributed by atoms with E-state index < -0.39 is 23.4 Å². The molecule has 1 saturated carbocycles. The maximum atomic E-state index is 12.8. The van der Waals surface area contributed by atoms with E-state index in [9.17, 15) is 18.8 Å². The molecule has 0 radical (unpaired) electrons. The number of hydrazine groups is 1. The van der Waals surface area contributed by atoms with Crippen LogP contribution in [0.3, 0.4) is 0 Å². The number of carbonyl (C=O) groups excluding carboxylic acids is 3. The number of nitrogens with one attached hydrogen (secondary N) is 3. The van der Waals surface area contributed by atoms with Gasteiger partial charge < -0.3 is 10.6 Å². The van der Waals surface area contributed by atoms with Crippen LogP contribution in [0.15, 0.2) is 24.3 Å². The van der Waals surface area contributed by atoms with Gasteiger partial charge in [0.2, 0.25) is 0 Å². The summed E-state index contributed by atoms with van der Waals surface area (Å²) in [6.45, 7) is -0.143. The zero-order chi connectivity index (χ0) is 17.2. The monoisotopic (exact) mass is 334 g/mol. The Morgan fingerprint density at radius 3 is 2.50 bits per heavy atom. The van der Waals surface area contributed by atoms with Gasteiger partial charge in [0.05, 0.1) is 6.54 Å². The standard InChI is InChI=1S/C16H19FN4O3/c17-11-4-6-12(7-5-11)18-10-13(22)20-21-14(23)16(19-15(21)24)8-2-1-3-9-16/h4-7,18H,1-3,8-10H2,(H,19,24)(H,20,22). The predicted octanol–water partition coefficient (Wildman–Crippen LogP) is 1.52. The van der Waals surface area contributed by atoms with Crippen molar-refractivity contribution in [2.45, 2.75) is 37.6 Å². The number of anilines is 1. The molecule has 0 bridgehead atoms. The first-order valence-corrected chi connectivity index (χ1v) is 7.96. The number of rotatable bonds is 4. The van der Waals surface area contributed by atoms with Gasteiger partial charge in [0.1, 0.15) is 11.4 Å². The Kier molecular flexibility index (Phi) is 4.37. The lowest BCUT2D eigenvalue weighted by molar-refractivity contribution is -0.139. The van der Waals surface area contributed by atoms with Crippen LogP contribution in [0.25, 0.3) is 0 Å². The highest BCUT2D eigenvalue weighted by atomic mass is 19.1. The van der Waals surface area contributed by atoms with E-state index in [1.165, 1.54) is 24.3 Å². The second kappa shape index (κ2) is 6.46. The smallest absolute Gasteiger partial charge is 0.344 e. The van der Waals surface area contributed by atoms with Crippen molar-refractivity contribution in [2.75, 3.05) is 11.9 Å². The average Bonchev–Trinajstić information content (AvgIpc) is 2.79. The average molecular weight is 334 g/mol. The summed E-state index contributed by atoms with van der Waals surface area (Å²) in [5, 5.41) is 6.28. The van der Waals surface area contributed by atoms with E-state index in [0.29, 0.717) is 18.5 Å². The Hall–Kier alpha value is -2.64. The van der Waals surface area contributed by atoms with Gasteiger partial charge in [-0.15, -0.1) is 0 Å². The molecule has 7 nitrogen and oxygen atoms in total. The normalized spacial score (nSPS) is 19.3. The Morgan fingerprint density at radius 2 is 1.83 bits per heavy atom. The maximum Gasteiger partial charge on any atom is 0.344 e. The van der Waals surface area contributed by atoms with E-state index in [1.807, 2.05) is 0 Å². The van der Waals surface area contributed by atoms with Gasteiger partial charge in [-0.2, -0.15) is 5.01 Å². The summed E-state index contributed by atoms with van der Waals surface area (Å²) in [7, 11) is 0. The first kappa shape index (κ1) is 16.2. The van der Waals surface area contributed by atoms with Crippen molar-refractivity contribution in [1.82, 2.24) is 15.8 Å². The molecule has 1 aromatic carbocycles. The SMILES string of the molecule is O=C(CNc1ccc(F)cc1)NN1C(=O)NC2(CCCCC2)C1=O. The van der Waals surface area contributed by atoms with E-state index in [1.54, 1.807) is 0 Å². The van der Waals surface area contributed by atoms with Gasteiger partial charge in [0, 0.05) is 5.69 Å². The summed E-state index contributed by atoms with van der Waals surface area (Å²) >= 11 is 0. The number of nitrogens with zero attached hydrogens (tertiary/aromatic N) is 1. The fraction of sp³-hybridized carbons (Fsp3) is 0.438. The largest absolute Gasteiger partial charge is 0.376 e. The zero-order valence-corrected chi connectivity index (χ0v) is 13.1. The van der Waals surface area contributed by atoms with E-state index in [0.717, 1.165) is 24.3 Å². The van der Waals surface area contributed by atoms with Crippen LogP contribution in [0.1, 0.15) is 32.1 Å². The summed E-state index contributed by atoms with van der Waals surface area (Å²) in [5.74, 6) is -1.31. The van der Waals surface area contributed by atoms with Crippen molar-refractivity contribution >= 4 is 23.5 Å². The van der Waals surface area contributed by atoms with Crippen LogP contribution in [0.2, 0.25) is 0 Å². The fourth-order valence-corrected chi connectivity index (χ4v) is 3.13. The minimum absolute atomic E-state index is 0.143. The molecule has 1 saturated heterocycles. The highest BCUT2D eigenvalue weighted by Gasteiger charge is 2.52. The molecular formula is C16H19FN4O3. The summed E-state index contributed by atoms with van der Waals surface area (Å²) < 4.78 is 12.8. The highest BCUT2D eigenvalue weighted by Crippen LogP contribution is 2.32. The molecule has 2 fully saturated rings. The van der Waals surface area contributed by atoms with Crippen LogP contribution in [0.5, 0.6) is 0 Å². The Morgan fingerprint density at radius 1 is 1.17 bits per heavy atom. The third-order valence-corrected chi connectivity index (χ3v) is 4.40. The topological polar surface area (TPSA) is 90.5 Å². The molecular weight excluding hydrogens is 315 g/mol. The Bertz CT molecular complexity index is 656. The molecule has 0 atom stereocenters. The summed E-state index contributed by atoms with van der Waals surface area (Å²) in [4.78, 5) is 36.5. The molecule has 0 unspecified atom stereocenters. The van der Waals surface area contributed by atoms with Gasteiger partial charge in [0.15, 0.2) is 0 Å². The molecule has 1 aromatic rings. The van der Waals surface area contributed by atoms with E-state index >= 15 is 0 Å². The number of hydrogen-bond acceptors (Lipinski definition) is 4. The lowest BCUT2D eigenvalue weighted by Crippen LogP contribution is -2.51. The molecule has 4 amide bonds. The molecule has 1 aliphatic carbocycles. The molecule has 1 heterocycles. The fourth-order valence-electron chi connectivity index (χ4n) is 3.13. The zero-order valence-electron chi connectivity index (χ0n) is 13.1. The van der Waals surface area contributed by atoms with Crippen LogP contribution in [-0.2, 0) is 9.59 Å². The van der Waals surface area contributed by atoms with Crippen molar-refractivity contribution in [1.29, 1.82) is 0 Å². The predicted molar refractivity (Wildman–Crippen MR) is 84.2 cm³/mol. The van der Waals surface area contributed by atoms with Crippen molar-refractivity contribution < 1.29 is 18.8 Å².